The Bertz CT molecular complexity index is 1070. The molecule has 7 nitrogen and oxygen atoms in total. The smallest absolute Gasteiger partial charge is 0.318 e. The zero-order valence-corrected chi connectivity index (χ0v) is 19.0. The molecule has 30 heavy (non-hydrogen) atoms. The van der Waals surface area contributed by atoms with Crippen molar-refractivity contribution < 1.29 is 19.0 Å². The van der Waals surface area contributed by atoms with E-state index in [1.165, 1.54) is 18.9 Å². The number of carbonyl (C=O) groups excluding carboxylic acids is 1. The fourth-order valence-corrected chi connectivity index (χ4v) is 4.09. The molecule has 0 aliphatic rings. The topological polar surface area (TPSA) is 75.5 Å². The number of methoxy groups -OCH3 is 3. The average molecular weight is 468 g/mol. The molecule has 2 aromatic carbocycles. The Morgan fingerprint density at radius 1 is 1.03 bits per heavy atom. The normalized spacial score (nSPS) is 11.8. The van der Waals surface area contributed by atoms with Crippen LogP contribution in [0.5, 0.6) is 11.5 Å². The molecule has 0 saturated carbocycles. The van der Waals surface area contributed by atoms with Crippen molar-refractivity contribution in [1.82, 2.24) is 14.8 Å². The predicted molar refractivity (Wildman–Crippen MR) is 117 cm³/mol. The van der Waals surface area contributed by atoms with Gasteiger partial charge >= 0.3 is 5.97 Å². The predicted octanol–water partition coefficient (Wildman–Crippen LogP) is 4.91. The molecule has 0 radical (unpaired) electrons. The lowest BCUT2D eigenvalue weighted by Crippen LogP contribution is -2.15. The molecular weight excluding hydrogens is 449 g/mol. The van der Waals surface area contributed by atoms with E-state index >= 15 is 0 Å². The van der Waals surface area contributed by atoms with Crippen molar-refractivity contribution in [1.29, 1.82) is 0 Å². The van der Waals surface area contributed by atoms with Gasteiger partial charge in [-0.25, -0.2) is 0 Å². The van der Waals surface area contributed by atoms with E-state index in [4.69, 9.17) is 37.4 Å². The minimum Gasteiger partial charge on any atom is -0.496 e. The highest BCUT2D eigenvalue weighted by Gasteiger charge is 2.24. The van der Waals surface area contributed by atoms with Gasteiger partial charge in [-0.2, -0.15) is 0 Å². The van der Waals surface area contributed by atoms with Crippen LogP contribution < -0.4 is 9.47 Å². The van der Waals surface area contributed by atoms with E-state index < -0.39 is 5.25 Å². The SMILES string of the molecule is COC(=O)C(C)Sc1nnc(-c2cc(Cl)ccc2OC)n1-c1ccc(OC)c(Cl)c1. The lowest BCUT2D eigenvalue weighted by molar-refractivity contribution is -0.139. The van der Waals surface area contributed by atoms with Gasteiger partial charge in [0.15, 0.2) is 11.0 Å². The van der Waals surface area contributed by atoms with Crippen molar-refractivity contribution in [3.63, 3.8) is 0 Å². The van der Waals surface area contributed by atoms with Crippen LogP contribution in [0.2, 0.25) is 10.0 Å². The number of hydrogen-bond donors (Lipinski definition) is 0. The summed E-state index contributed by atoms with van der Waals surface area (Å²) in [5, 5.41) is 9.57. The molecule has 158 valence electrons. The second-order valence-corrected chi connectivity index (χ2v) is 8.24. The lowest BCUT2D eigenvalue weighted by Gasteiger charge is -2.15. The van der Waals surface area contributed by atoms with Crippen LogP contribution in [-0.4, -0.2) is 47.3 Å². The maximum absolute atomic E-state index is 11.9. The van der Waals surface area contributed by atoms with E-state index in [0.717, 1.165) is 0 Å². The number of carbonyl (C=O) groups is 1. The minimum atomic E-state index is -0.499. The first kappa shape index (κ1) is 22.3. The quantitative estimate of drug-likeness (QED) is 0.360. The molecule has 0 spiro atoms. The summed E-state index contributed by atoms with van der Waals surface area (Å²) in [6, 6.07) is 10.5. The van der Waals surface area contributed by atoms with Crippen LogP contribution in [-0.2, 0) is 9.53 Å². The van der Waals surface area contributed by atoms with E-state index in [1.54, 1.807) is 56.0 Å². The molecule has 1 heterocycles. The van der Waals surface area contributed by atoms with Crippen LogP contribution in [0.25, 0.3) is 17.1 Å². The third-order valence-electron chi connectivity index (χ3n) is 4.24. The van der Waals surface area contributed by atoms with Crippen LogP contribution in [0.15, 0.2) is 41.6 Å². The number of nitrogens with zero attached hydrogens (tertiary/aromatic N) is 3. The Balaban J connectivity index is 2.20. The third-order valence-corrected chi connectivity index (χ3v) is 5.80. The summed E-state index contributed by atoms with van der Waals surface area (Å²) < 4.78 is 17.3. The summed E-state index contributed by atoms with van der Waals surface area (Å²) in [5.74, 6) is 1.22. The molecule has 0 aliphatic heterocycles. The van der Waals surface area contributed by atoms with Crippen LogP contribution >= 0.6 is 35.0 Å². The van der Waals surface area contributed by atoms with Crippen LogP contribution in [0, 0.1) is 0 Å². The summed E-state index contributed by atoms with van der Waals surface area (Å²) in [4.78, 5) is 11.9. The molecule has 0 N–H and O–H groups in total. The number of hydrogen-bond acceptors (Lipinski definition) is 7. The number of ether oxygens (including phenoxy) is 3. The molecule has 10 heteroatoms. The van der Waals surface area contributed by atoms with Crippen molar-refractivity contribution in [2.24, 2.45) is 0 Å². The van der Waals surface area contributed by atoms with Gasteiger partial charge in [0.2, 0.25) is 0 Å². The monoisotopic (exact) mass is 467 g/mol. The van der Waals surface area contributed by atoms with E-state index in [0.29, 0.717) is 43.8 Å². The summed E-state index contributed by atoms with van der Waals surface area (Å²) in [6.07, 6.45) is 0. The van der Waals surface area contributed by atoms with Crippen molar-refractivity contribution in [3.05, 3.63) is 46.4 Å². The van der Waals surface area contributed by atoms with Gasteiger partial charge in [-0.15, -0.1) is 10.2 Å². The first-order chi connectivity index (χ1) is 14.4. The molecule has 3 rings (SSSR count). The van der Waals surface area contributed by atoms with Crippen LogP contribution in [0.1, 0.15) is 6.92 Å². The molecule has 1 atom stereocenters. The number of rotatable bonds is 7. The number of thioether (sulfide) groups is 1. The maximum atomic E-state index is 11.9. The Labute approximate surface area is 188 Å². The molecule has 0 saturated heterocycles. The highest BCUT2D eigenvalue weighted by Crippen LogP contribution is 2.37. The van der Waals surface area contributed by atoms with Gasteiger partial charge in [0.1, 0.15) is 16.7 Å². The number of benzene rings is 2. The molecule has 0 amide bonds. The lowest BCUT2D eigenvalue weighted by atomic mass is 10.2. The molecule has 0 bridgehead atoms. The highest BCUT2D eigenvalue weighted by atomic mass is 35.5. The molecule has 1 aromatic heterocycles. The molecule has 1 unspecified atom stereocenters. The second-order valence-electron chi connectivity index (χ2n) is 6.09. The molecule has 0 aliphatic carbocycles. The van der Waals surface area contributed by atoms with Gasteiger partial charge in [0, 0.05) is 5.02 Å². The zero-order valence-electron chi connectivity index (χ0n) is 16.7. The van der Waals surface area contributed by atoms with Crippen molar-refractivity contribution in [3.8, 4) is 28.6 Å². The van der Waals surface area contributed by atoms with Crippen molar-refractivity contribution in [2.45, 2.75) is 17.3 Å². The Morgan fingerprint density at radius 2 is 1.73 bits per heavy atom. The standard InChI is InChI=1S/C20H19Cl2N3O4S/c1-11(19(26)29-4)30-20-24-23-18(14-9-12(21)5-7-16(14)27-2)25(20)13-6-8-17(28-3)15(22)10-13/h5-11H,1-4H3. The van der Waals surface area contributed by atoms with E-state index in [1.807, 2.05) is 6.07 Å². The van der Waals surface area contributed by atoms with Gasteiger partial charge < -0.3 is 14.2 Å². The Morgan fingerprint density at radius 3 is 2.37 bits per heavy atom. The molecular formula is C20H19Cl2N3O4S. The summed E-state index contributed by atoms with van der Waals surface area (Å²) in [6.45, 7) is 1.73. The number of esters is 1. The summed E-state index contributed by atoms with van der Waals surface area (Å²) >= 11 is 13.8. The first-order valence-electron chi connectivity index (χ1n) is 8.77. The first-order valence-corrected chi connectivity index (χ1v) is 10.4. The second kappa shape index (κ2) is 9.59. The zero-order chi connectivity index (χ0) is 21.8. The summed E-state index contributed by atoms with van der Waals surface area (Å²) in [5.41, 5.74) is 1.32. The van der Waals surface area contributed by atoms with E-state index in [-0.39, 0.29) is 5.97 Å². The maximum Gasteiger partial charge on any atom is 0.318 e. The van der Waals surface area contributed by atoms with Gasteiger partial charge in [-0.3, -0.25) is 9.36 Å². The van der Waals surface area contributed by atoms with E-state index in [2.05, 4.69) is 10.2 Å². The minimum absolute atomic E-state index is 0.371. The van der Waals surface area contributed by atoms with Crippen LogP contribution in [0.4, 0.5) is 0 Å². The van der Waals surface area contributed by atoms with Gasteiger partial charge in [-0.1, -0.05) is 35.0 Å². The summed E-state index contributed by atoms with van der Waals surface area (Å²) in [7, 11) is 4.45. The Hall–Kier alpha value is -2.42. The highest BCUT2D eigenvalue weighted by molar-refractivity contribution is 8.00. The fraction of sp³-hybridized carbons (Fsp3) is 0.250. The molecule has 0 fully saturated rings. The average Bonchev–Trinajstić information content (AvgIpc) is 3.16. The van der Waals surface area contributed by atoms with Gasteiger partial charge in [0.05, 0.1) is 37.6 Å². The Kier molecular flexibility index (Phi) is 7.12. The van der Waals surface area contributed by atoms with Gasteiger partial charge in [-0.05, 0) is 43.3 Å². The number of aromatic nitrogens is 3. The van der Waals surface area contributed by atoms with Crippen LogP contribution in [0.3, 0.4) is 0 Å². The van der Waals surface area contributed by atoms with Crippen molar-refractivity contribution in [2.75, 3.05) is 21.3 Å². The largest absolute Gasteiger partial charge is 0.496 e. The molecule has 3 aromatic rings. The fourth-order valence-electron chi connectivity index (χ4n) is 2.78. The van der Waals surface area contributed by atoms with E-state index in [9.17, 15) is 4.79 Å². The number of halogens is 2. The van der Waals surface area contributed by atoms with Gasteiger partial charge in [0.25, 0.3) is 0 Å². The third kappa shape index (κ3) is 4.50. The van der Waals surface area contributed by atoms with Crippen molar-refractivity contribution >= 4 is 40.9 Å².